The van der Waals surface area contributed by atoms with Gasteiger partial charge in [0, 0.05) is 33.1 Å². The predicted molar refractivity (Wildman–Crippen MR) is 90.8 cm³/mol. The van der Waals surface area contributed by atoms with E-state index < -0.39 is 10.0 Å². The maximum atomic E-state index is 12.8. The average Bonchev–Trinajstić information content (AvgIpc) is 2.81. The Morgan fingerprint density at radius 1 is 1.13 bits per heavy atom. The van der Waals surface area contributed by atoms with Crippen molar-refractivity contribution in [2.24, 2.45) is 0 Å². The van der Waals surface area contributed by atoms with E-state index in [9.17, 15) is 13.2 Å². The third kappa shape index (κ3) is 4.12. The van der Waals surface area contributed by atoms with Crippen LogP contribution >= 0.6 is 0 Å². The first-order valence-corrected chi connectivity index (χ1v) is 9.66. The Labute approximate surface area is 139 Å². The van der Waals surface area contributed by atoms with E-state index in [2.05, 4.69) is 13.8 Å². The van der Waals surface area contributed by atoms with Crippen molar-refractivity contribution in [2.75, 3.05) is 26.2 Å². The first kappa shape index (κ1) is 17.9. The number of hydrogen-bond acceptors (Lipinski definition) is 3. The van der Waals surface area contributed by atoms with Crippen molar-refractivity contribution < 1.29 is 13.2 Å². The highest BCUT2D eigenvalue weighted by atomic mass is 32.2. The van der Waals surface area contributed by atoms with Crippen LogP contribution in [0.15, 0.2) is 29.2 Å². The molecule has 1 amide bonds. The molecule has 5 nitrogen and oxygen atoms in total. The van der Waals surface area contributed by atoms with E-state index in [1.807, 2.05) is 12.1 Å². The van der Waals surface area contributed by atoms with Crippen LogP contribution in [0.25, 0.3) is 0 Å². The minimum Gasteiger partial charge on any atom is -0.342 e. The Bertz CT molecular complexity index is 640. The summed E-state index contributed by atoms with van der Waals surface area (Å²) in [6.45, 7) is 7.67. The lowest BCUT2D eigenvalue weighted by molar-refractivity contribution is -0.128. The van der Waals surface area contributed by atoms with Gasteiger partial charge in [0.05, 0.1) is 4.90 Å². The van der Waals surface area contributed by atoms with Crippen molar-refractivity contribution in [1.82, 2.24) is 9.21 Å². The number of carbonyl (C=O) groups excluding carboxylic acids is 1. The monoisotopic (exact) mass is 338 g/mol. The fourth-order valence-electron chi connectivity index (χ4n) is 2.80. The maximum Gasteiger partial charge on any atom is 0.243 e. The fraction of sp³-hybridized carbons (Fsp3) is 0.588. The lowest BCUT2D eigenvalue weighted by atomic mass is 9.99. The topological polar surface area (TPSA) is 57.7 Å². The first-order valence-electron chi connectivity index (χ1n) is 8.22. The van der Waals surface area contributed by atoms with Gasteiger partial charge in [-0.1, -0.05) is 26.0 Å². The molecule has 23 heavy (non-hydrogen) atoms. The van der Waals surface area contributed by atoms with Crippen LogP contribution in [0, 0.1) is 0 Å². The predicted octanol–water partition coefficient (Wildman–Crippen LogP) is 2.44. The summed E-state index contributed by atoms with van der Waals surface area (Å²) in [5.74, 6) is 0.427. The molecule has 0 aliphatic carbocycles. The highest BCUT2D eigenvalue weighted by Gasteiger charge is 2.27. The molecule has 0 N–H and O–H groups in total. The van der Waals surface area contributed by atoms with Crippen LogP contribution < -0.4 is 0 Å². The summed E-state index contributed by atoms with van der Waals surface area (Å²) < 4.78 is 27.1. The molecule has 0 spiro atoms. The van der Waals surface area contributed by atoms with Crippen molar-refractivity contribution in [1.29, 1.82) is 0 Å². The van der Waals surface area contributed by atoms with Crippen molar-refractivity contribution >= 4 is 15.9 Å². The molecule has 0 bridgehead atoms. The molecular weight excluding hydrogens is 312 g/mol. The summed E-state index contributed by atoms with van der Waals surface area (Å²) in [4.78, 5) is 13.5. The molecule has 0 radical (unpaired) electrons. The van der Waals surface area contributed by atoms with E-state index >= 15 is 0 Å². The van der Waals surface area contributed by atoms with Gasteiger partial charge in [-0.2, -0.15) is 4.31 Å². The summed E-state index contributed by atoms with van der Waals surface area (Å²) in [5.41, 5.74) is 1.16. The van der Waals surface area contributed by atoms with Crippen LogP contribution in [-0.4, -0.2) is 49.7 Å². The zero-order valence-electron chi connectivity index (χ0n) is 14.2. The molecule has 1 unspecified atom stereocenters. The largest absolute Gasteiger partial charge is 0.342 e. The number of benzene rings is 1. The zero-order valence-corrected chi connectivity index (χ0v) is 15.0. The zero-order chi connectivity index (χ0) is 17.0. The molecule has 128 valence electrons. The Hall–Kier alpha value is -1.40. The molecule has 1 saturated heterocycles. The van der Waals surface area contributed by atoms with Gasteiger partial charge in [-0.15, -0.1) is 0 Å². The second-order valence-electron chi connectivity index (χ2n) is 6.14. The summed E-state index contributed by atoms with van der Waals surface area (Å²) in [5, 5.41) is 0. The molecule has 1 aliphatic rings. The van der Waals surface area contributed by atoms with E-state index in [-0.39, 0.29) is 5.91 Å². The van der Waals surface area contributed by atoms with E-state index in [0.29, 0.717) is 43.4 Å². The third-order valence-corrected chi connectivity index (χ3v) is 6.51. The number of nitrogens with zero attached hydrogens (tertiary/aromatic N) is 2. The van der Waals surface area contributed by atoms with Gasteiger partial charge in [0.15, 0.2) is 0 Å². The quantitative estimate of drug-likeness (QED) is 0.847. The van der Waals surface area contributed by atoms with Gasteiger partial charge in [0.2, 0.25) is 15.9 Å². The Balaban J connectivity index is 2.16. The molecule has 6 heteroatoms. The first-order chi connectivity index (χ1) is 10.9. The lowest BCUT2D eigenvalue weighted by Gasteiger charge is -2.21. The number of hydrogen-bond donors (Lipinski definition) is 0. The number of carbonyl (C=O) groups is 1. The third-order valence-electron chi connectivity index (χ3n) is 4.60. The van der Waals surface area contributed by atoms with Gasteiger partial charge >= 0.3 is 0 Å². The van der Waals surface area contributed by atoms with Crippen molar-refractivity contribution in [3.05, 3.63) is 29.8 Å². The normalized spacial score (nSPS) is 18.5. The smallest absolute Gasteiger partial charge is 0.243 e. The number of sulfonamides is 1. The van der Waals surface area contributed by atoms with E-state index in [1.165, 1.54) is 11.2 Å². The molecule has 2 rings (SSSR count). The molecule has 0 aromatic heterocycles. The molecule has 1 atom stereocenters. The molecule has 1 aromatic rings. The van der Waals surface area contributed by atoms with Gasteiger partial charge in [-0.05, 0) is 36.5 Å². The maximum absolute atomic E-state index is 12.8. The van der Waals surface area contributed by atoms with Crippen LogP contribution in [0.1, 0.15) is 45.1 Å². The second kappa shape index (κ2) is 7.45. The van der Waals surface area contributed by atoms with Gasteiger partial charge in [0.1, 0.15) is 0 Å². The van der Waals surface area contributed by atoms with Crippen LogP contribution in [0.2, 0.25) is 0 Å². The second-order valence-corrected chi connectivity index (χ2v) is 8.08. The molecule has 1 aliphatic heterocycles. The van der Waals surface area contributed by atoms with E-state index in [4.69, 9.17) is 0 Å². The van der Waals surface area contributed by atoms with E-state index in [1.54, 1.807) is 17.0 Å². The molecule has 1 aromatic carbocycles. The molecule has 1 heterocycles. The Morgan fingerprint density at radius 2 is 1.78 bits per heavy atom. The number of rotatable bonds is 4. The van der Waals surface area contributed by atoms with Gasteiger partial charge < -0.3 is 4.90 Å². The summed E-state index contributed by atoms with van der Waals surface area (Å²) in [7, 11) is -3.49. The summed E-state index contributed by atoms with van der Waals surface area (Å²) in [6.07, 6.45) is 1.70. The van der Waals surface area contributed by atoms with Crippen molar-refractivity contribution in [3.63, 3.8) is 0 Å². The summed E-state index contributed by atoms with van der Waals surface area (Å²) >= 11 is 0. The van der Waals surface area contributed by atoms with Crippen molar-refractivity contribution in [2.45, 2.75) is 44.4 Å². The van der Waals surface area contributed by atoms with E-state index in [0.717, 1.165) is 12.0 Å². The highest BCUT2D eigenvalue weighted by molar-refractivity contribution is 7.89. The number of amides is 1. The standard InChI is InChI=1S/C17H26N2O3S/c1-4-14(2)16-6-8-17(9-7-16)23(21,22)19-11-5-10-18(12-13-19)15(3)20/h6-9,14H,4-5,10-13H2,1-3H3. The van der Waals surface area contributed by atoms with Gasteiger partial charge in [-0.3, -0.25) is 4.79 Å². The Morgan fingerprint density at radius 3 is 2.35 bits per heavy atom. The minimum atomic E-state index is -3.49. The van der Waals surface area contributed by atoms with Crippen molar-refractivity contribution in [3.8, 4) is 0 Å². The lowest BCUT2D eigenvalue weighted by Crippen LogP contribution is -2.36. The highest BCUT2D eigenvalue weighted by Crippen LogP contribution is 2.23. The summed E-state index contributed by atoms with van der Waals surface area (Å²) in [6, 6.07) is 7.20. The Kier molecular flexibility index (Phi) is 5.81. The average molecular weight is 338 g/mol. The fourth-order valence-corrected chi connectivity index (χ4v) is 4.27. The minimum absolute atomic E-state index is 0.00199. The molecule has 1 fully saturated rings. The van der Waals surface area contributed by atoms with Gasteiger partial charge in [-0.25, -0.2) is 8.42 Å². The molecular formula is C17H26N2O3S. The van der Waals surface area contributed by atoms with Crippen LogP contribution in [0.5, 0.6) is 0 Å². The van der Waals surface area contributed by atoms with Crippen LogP contribution in [0.4, 0.5) is 0 Å². The van der Waals surface area contributed by atoms with Crippen LogP contribution in [-0.2, 0) is 14.8 Å². The van der Waals surface area contributed by atoms with Crippen LogP contribution in [0.3, 0.4) is 0 Å². The van der Waals surface area contributed by atoms with Gasteiger partial charge in [0.25, 0.3) is 0 Å². The SMILES string of the molecule is CCC(C)c1ccc(S(=O)(=O)N2CCCN(C(C)=O)CC2)cc1. The molecule has 0 saturated carbocycles.